The van der Waals surface area contributed by atoms with Crippen LogP contribution in [-0.2, 0) is 0 Å². The summed E-state index contributed by atoms with van der Waals surface area (Å²) in [7, 11) is 0. The first kappa shape index (κ1) is 13.3. The zero-order valence-corrected chi connectivity index (χ0v) is 10.9. The van der Waals surface area contributed by atoms with Crippen LogP contribution in [0.5, 0.6) is 0 Å². The minimum Gasteiger partial charge on any atom is -0.396 e. The fraction of sp³-hybridized carbons (Fsp3) is 0.538. The predicted molar refractivity (Wildman–Crippen MR) is 69.6 cm³/mol. The van der Waals surface area contributed by atoms with Gasteiger partial charge >= 0.3 is 0 Å². The molecule has 0 aromatic carbocycles. The van der Waals surface area contributed by atoms with Gasteiger partial charge in [-0.2, -0.15) is 0 Å². The lowest BCUT2D eigenvalue weighted by atomic mass is 9.95. The summed E-state index contributed by atoms with van der Waals surface area (Å²) in [5.41, 5.74) is 0.396. The van der Waals surface area contributed by atoms with Gasteiger partial charge in [0.15, 0.2) is 0 Å². The second-order valence-corrected chi connectivity index (χ2v) is 5.00. The first-order valence-electron chi connectivity index (χ1n) is 6.23. The molecule has 1 unspecified atom stereocenters. The average Bonchev–Trinajstić information content (AvgIpc) is 2.39. The molecule has 18 heavy (non-hydrogen) atoms. The van der Waals surface area contributed by atoms with Gasteiger partial charge in [-0.1, -0.05) is 17.7 Å². The maximum Gasteiger partial charge on any atom is 0.272 e. The molecule has 1 N–H and O–H groups in total. The number of piperidine rings is 1. The Morgan fingerprint density at radius 1 is 1.56 bits per heavy atom. The van der Waals surface area contributed by atoms with Gasteiger partial charge in [-0.25, -0.2) is 4.98 Å². The van der Waals surface area contributed by atoms with Crippen LogP contribution in [0.15, 0.2) is 18.2 Å². The van der Waals surface area contributed by atoms with Gasteiger partial charge in [0.2, 0.25) is 0 Å². The highest BCUT2D eigenvalue weighted by Gasteiger charge is 2.24. The molecule has 0 spiro atoms. The molecule has 1 saturated heterocycles. The maximum absolute atomic E-state index is 12.2. The summed E-state index contributed by atoms with van der Waals surface area (Å²) < 4.78 is 0. The summed E-state index contributed by atoms with van der Waals surface area (Å²) in [5.74, 6) is 0.326. The summed E-state index contributed by atoms with van der Waals surface area (Å²) in [6, 6.07) is 5.07. The predicted octanol–water partition coefficient (Wildman–Crippen LogP) is 1.97. The lowest BCUT2D eigenvalue weighted by Gasteiger charge is -2.32. The van der Waals surface area contributed by atoms with Crippen LogP contribution >= 0.6 is 11.6 Å². The Morgan fingerprint density at radius 2 is 2.39 bits per heavy atom. The fourth-order valence-electron chi connectivity index (χ4n) is 2.36. The standard InChI is InChI=1S/C13H17ClN2O2/c14-12-5-1-4-11(15-12)13(18)16-7-2-3-10(9-16)6-8-17/h1,4-5,10,17H,2-3,6-9H2. The molecule has 0 radical (unpaired) electrons. The van der Waals surface area contributed by atoms with Crippen LogP contribution < -0.4 is 0 Å². The minimum atomic E-state index is -0.0693. The highest BCUT2D eigenvalue weighted by atomic mass is 35.5. The van der Waals surface area contributed by atoms with Crippen LogP contribution in [0.4, 0.5) is 0 Å². The van der Waals surface area contributed by atoms with E-state index in [2.05, 4.69) is 4.98 Å². The minimum absolute atomic E-state index is 0.0693. The van der Waals surface area contributed by atoms with Crippen molar-refractivity contribution >= 4 is 17.5 Å². The average molecular weight is 269 g/mol. The van der Waals surface area contributed by atoms with Gasteiger partial charge in [0.25, 0.3) is 5.91 Å². The van der Waals surface area contributed by atoms with Crippen LogP contribution in [0.25, 0.3) is 0 Å². The molecular weight excluding hydrogens is 252 g/mol. The van der Waals surface area contributed by atoms with Crippen molar-refractivity contribution < 1.29 is 9.90 Å². The molecule has 4 nitrogen and oxygen atoms in total. The Morgan fingerprint density at radius 3 is 3.11 bits per heavy atom. The summed E-state index contributed by atoms with van der Waals surface area (Å²) in [4.78, 5) is 18.1. The van der Waals surface area contributed by atoms with E-state index in [-0.39, 0.29) is 12.5 Å². The Balaban J connectivity index is 2.04. The Bertz CT molecular complexity index is 423. The number of hydrogen-bond donors (Lipinski definition) is 1. The normalized spacial score (nSPS) is 19.9. The van der Waals surface area contributed by atoms with Gasteiger partial charge in [0, 0.05) is 19.7 Å². The van der Waals surface area contributed by atoms with Gasteiger partial charge in [0.1, 0.15) is 10.8 Å². The molecule has 0 bridgehead atoms. The monoisotopic (exact) mass is 268 g/mol. The van der Waals surface area contributed by atoms with E-state index in [4.69, 9.17) is 16.7 Å². The fourth-order valence-corrected chi connectivity index (χ4v) is 2.52. The number of aliphatic hydroxyl groups is 1. The smallest absolute Gasteiger partial charge is 0.272 e. The number of nitrogens with zero attached hydrogens (tertiary/aromatic N) is 2. The summed E-state index contributed by atoms with van der Waals surface area (Å²) in [5, 5.41) is 9.30. The summed E-state index contributed by atoms with van der Waals surface area (Å²) in [6.07, 6.45) is 2.82. The Kier molecular flexibility index (Phi) is 4.55. The van der Waals surface area contributed by atoms with Gasteiger partial charge in [-0.3, -0.25) is 4.79 Å². The topological polar surface area (TPSA) is 53.4 Å². The van der Waals surface area contributed by atoms with E-state index in [1.54, 1.807) is 18.2 Å². The quantitative estimate of drug-likeness (QED) is 0.853. The zero-order chi connectivity index (χ0) is 13.0. The number of amides is 1. The molecule has 5 heteroatoms. The molecule has 98 valence electrons. The molecule has 1 atom stereocenters. The number of carbonyl (C=O) groups is 1. The summed E-state index contributed by atoms with van der Waals surface area (Å²) in [6.45, 7) is 1.64. The van der Waals surface area contributed by atoms with Gasteiger partial charge < -0.3 is 10.0 Å². The van der Waals surface area contributed by atoms with Crippen molar-refractivity contribution in [2.75, 3.05) is 19.7 Å². The van der Waals surface area contributed by atoms with Gasteiger partial charge in [0.05, 0.1) is 0 Å². The van der Waals surface area contributed by atoms with Crippen molar-refractivity contribution in [1.82, 2.24) is 9.88 Å². The number of aliphatic hydroxyl groups excluding tert-OH is 1. The third-order valence-electron chi connectivity index (χ3n) is 3.28. The molecule has 0 saturated carbocycles. The van der Waals surface area contributed by atoms with Crippen molar-refractivity contribution in [1.29, 1.82) is 0 Å². The second-order valence-electron chi connectivity index (χ2n) is 4.62. The Labute approximate surface area is 112 Å². The Hall–Kier alpha value is -1.13. The first-order valence-corrected chi connectivity index (χ1v) is 6.61. The van der Waals surface area contributed by atoms with E-state index in [0.29, 0.717) is 23.3 Å². The summed E-state index contributed by atoms with van der Waals surface area (Å²) >= 11 is 5.79. The molecular formula is C13H17ClN2O2. The SMILES string of the molecule is O=C(c1cccc(Cl)n1)N1CCCC(CCO)C1. The van der Waals surface area contributed by atoms with Crippen molar-refractivity contribution in [3.63, 3.8) is 0 Å². The van der Waals surface area contributed by atoms with E-state index < -0.39 is 0 Å². The number of hydrogen-bond acceptors (Lipinski definition) is 3. The largest absolute Gasteiger partial charge is 0.396 e. The van der Waals surface area contributed by atoms with E-state index in [0.717, 1.165) is 25.8 Å². The molecule has 1 aromatic rings. The van der Waals surface area contributed by atoms with E-state index in [1.165, 1.54) is 0 Å². The second kappa shape index (κ2) is 6.16. The molecule has 2 rings (SSSR count). The van der Waals surface area contributed by atoms with Crippen molar-refractivity contribution in [2.24, 2.45) is 5.92 Å². The molecule has 2 heterocycles. The number of carbonyl (C=O) groups excluding carboxylic acids is 1. The van der Waals surface area contributed by atoms with Crippen molar-refractivity contribution in [2.45, 2.75) is 19.3 Å². The highest BCUT2D eigenvalue weighted by molar-refractivity contribution is 6.29. The lowest BCUT2D eigenvalue weighted by molar-refractivity contribution is 0.0648. The van der Waals surface area contributed by atoms with Crippen molar-refractivity contribution in [3.8, 4) is 0 Å². The van der Waals surface area contributed by atoms with Crippen LogP contribution in [0.3, 0.4) is 0 Å². The number of aromatic nitrogens is 1. The number of likely N-dealkylation sites (tertiary alicyclic amines) is 1. The van der Waals surface area contributed by atoms with E-state index in [1.807, 2.05) is 4.90 Å². The number of halogens is 1. The molecule has 0 aliphatic carbocycles. The van der Waals surface area contributed by atoms with Crippen LogP contribution in [0.2, 0.25) is 5.15 Å². The number of rotatable bonds is 3. The van der Waals surface area contributed by atoms with Crippen LogP contribution in [-0.4, -0.2) is 40.6 Å². The molecule has 1 aromatic heterocycles. The lowest BCUT2D eigenvalue weighted by Crippen LogP contribution is -2.40. The molecule has 1 fully saturated rings. The third kappa shape index (κ3) is 3.21. The first-order chi connectivity index (χ1) is 8.70. The van der Waals surface area contributed by atoms with Gasteiger partial charge in [-0.05, 0) is 37.3 Å². The van der Waals surface area contributed by atoms with Crippen molar-refractivity contribution in [3.05, 3.63) is 29.0 Å². The highest BCUT2D eigenvalue weighted by Crippen LogP contribution is 2.20. The molecule has 1 aliphatic rings. The molecule has 1 aliphatic heterocycles. The zero-order valence-electron chi connectivity index (χ0n) is 10.2. The third-order valence-corrected chi connectivity index (χ3v) is 3.49. The maximum atomic E-state index is 12.2. The van der Waals surface area contributed by atoms with Gasteiger partial charge in [-0.15, -0.1) is 0 Å². The van der Waals surface area contributed by atoms with Crippen LogP contribution in [0.1, 0.15) is 29.8 Å². The number of pyridine rings is 1. The van der Waals surface area contributed by atoms with E-state index >= 15 is 0 Å². The van der Waals surface area contributed by atoms with E-state index in [9.17, 15) is 4.79 Å². The van der Waals surface area contributed by atoms with Crippen LogP contribution in [0, 0.1) is 5.92 Å². The molecule has 1 amide bonds.